The van der Waals surface area contributed by atoms with Crippen LogP contribution in [0.25, 0.3) is 10.8 Å². The van der Waals surface area contributed by atoms with E-state index < -0.39 is 6.10 Å². The minimum absolute atomic E-state index is 0.464. The van der Waals surface area contributed by atoms with E-state index in [1.165, 1.54) is 27.5 Å². The molecule has 3 rings (SSSR count). The highest BCUT2D eigenvalue weighted by atomic mass is 16.3. The lowest BCUT2D eigenvalue weighted by Crippen LogP contribution is -2.03. The molecule has 0 amide bonds. The Morgan fingerprint density at radius 1 is 0.857 bits per heavy atom. The van der Waals surface area contributed by atoms with E-state index in [9.17, 15) is 5.11 Å². The van der Waals surface area contributed by atoms with E-state index in [0.29, 0.717) is 6.42 Å². The molecule has 0 saturated heterocycles. The zero-order chi connectivity index (χ0) is 14.8. The van der Waals surface area contributed by atoms with Gasteiger partial charge in [0.1, 0.15) is 0 Å². The van der Waals surface area contributed by atoms with Gasteiger partial charge >= 0.3 is 0 Å². The van der Waals surface area contributed by atoms with E-state index in [-0.39, 0.29) is 0 Å². The Kier molecular flexibility index (Phi) is 3.76. The molecule has 1 nitrogen and oxygen atoms in total. The van der Waals surface area contributed by atoms with Crippen LogP contribution < -0.4 is 0 Å². The van der Waals surface area contributed by atoms with Gasteiger partial charge in [-0.25, -0.2) is 0 Å². The number of aryl methyl sites for hydroxylation is 2. The summed E-state index contributed by atoms with van der Waals surface area (Å²) >= 11 is 0. The molecule has 3 aromatic rings. The number of aliphatic hydroxyl groups excluding tert-OH is 1. The topological polar surface area (TPSA) is 20.2 Å². The monoisotopic (exact) mass is 276 g/mol. The van der Waals surface area contributed by atoms with Gasteiger partial charge in [-0.05, 0) is 35.7 Å². The molecule has 0 spiro atoms. The van der Waals surface area contributed by atoms with Crippen LogP contribution in [-0.4, -0.2) is 5.11 Å². The summed E-state index contributed by atoms with van der Waals surface area (Å²) in [6.45, 7) is 4.14. The maximum absolute atomic E-state index is 10.6. The van der Waals surface area contributed by atoms with Crippen LogP contribution in [0.2, 0.25) is 0 Å². The Balaban J connectivity index is 1.94. The van der Waals surface area contributed by atoms with Crippen LogP contribution in [-0.2, 0) is 6.42 Å². The zero-order valence-corrected chi connectivity index (χ0v) is 12.5. The van der Waals surface area contributed by atoms with Crippen LogP contribution in [0.1, 0.15) is 28.4 Å². The first kappa shape index (κ1) is 13.8. The highest BCUT2D eigenvalue weighted by Crippen LogP contribution is 2.25. The first-order chi connectivity index (χ1) is 10.1. The summed E-state index contributed by atoms with van der Waals surface area (Å²) in [5.74, 6) is 0. The normalized spacial score (nSPS) is 12.5. The van der Waals surface area contributed by atoms with Crippen LogP contribution in [0.15, 0.2) is 60.7 Å². The number of hydrogen-bond donors (Lipinski definition) is 1. The third-order valence-corrected chi connectivity index (χ3v) is 3.92. The molecule has 106 valence electrons. The Morgan fingerprint density at radius 2 is 1.52 bits per heavy atom. The Hall–Kier alpha value is -2.12. The summed E-state index contributed by atoms with van der Waals surface area (Å²) in [4.78, 5) is 0. The van der Waals surface area contributed by atoms with Gasteiger partial charge in [0, 0.05) is 6.42 Å². The van der Waals surface area contributed by atoms with Crippen molar-refractivity contribution in [3.63, 3.8) is 0 Å². The second-order valence-corrected chi connectivity index (χ2v) is 5.78. The van der Waals surface area contributed by atoms with Crippen molar-refractivity contribution in [3.05, 3.63) is 82.9 Å². The first-order valence-corrected chi connectivity index (χ1v) is 7.36. The molecule has 21 heavy (non-hydrogen) atoms. The van der Waals surface area contributed by atoms with Gasteiger partial charge in [0.15, 0.2) is 0 Å². The van der Waals surface area contributed by atoms with Gasteiger partial charge in [-0.15, -0.1) is 0 Å². The molecular weight excluding hydrogens is 256 g/mol. The Labute approximate surface area is 125 Å². The lowest BCUT2D eigenvalue weighted by atomic mass is 9.95. The summed E-state index contributed by atoms with van der Waals surface area (Å²) in [5.41, 5.74) is 4.59. The van der Waals surface area contributed by atoms with E-state index in [4.69, 9.17) is 0 Å². The SMILES string of the molecule is Cc1cc(C)cc(C(O)Cc2cccc3ccccc23)c1. The summed E-state index contributed by atoms with van der Waals surface area (Å²) in [6.07, 6.45) is 0.180. The second-order valence-electron chi connectivity index (χ2n) is 5.78. The summed E-state index contributed by atoms with van der Waals surface area (Å²) < 4.78 is 0. The molecule has 0 aliphatic heterocycles. The average molecular weight is 276 g/mol. The van der Waals surface area contributed by atoms with Crippen molar-refractivity contribution in [3.8, 4) is 0 Å². The molecule has 1 heteroatoms. The van der Waals surface area contributed by atoms with Crippen LogP contribution in [0.3, 0.4) is 0 Å². The largest absolute Gasteiger partial charge is 0.388 e. The van der Waals surface area contributed by atoms with Gasteiger partial charge in [0.25, 0.3) is 0 Å². The maximum atomic E-state index is 10.6. The van der Waals surface area contributed by atoms with Gasteiger partial charge in [-0.2, -0.15) is 0 Å². The molecule has 0 aliphatic carbocycles. The van der Waals surface area contributed by atoms with Crippen molar-refractivity contribution in [2.45, 2.75) is 26.4 Å². The molecule has 1 N–H and O–H groups in total. The van der Waals surface area contributed by atoms with Crippen LogP contribution >= 0.6 is 0 Å². The van der Waals surface area contributed by atoms with Gasteiger partial charge in [0.2, 0.25) is 0 Å². The maximum Gasteiger partial charge on any atom is 0.0830 e. The van der Waals surface area contributed by atoms with Crippen molar-refractivity contribution >= 4 is 10.8 Å². The van der Waals surface area contributed by atoms with E-state index in [2.05, 4.69) is 68.4 Å². The Bertz CT molecular complexity index is 748. The van der Waals surface area contributed by atoms with E-state index in [1.807, 2.05) is 6.07 Å². The third kappa shape index (κ3) is 2.98. The fourth-order valence-corrected chi connectivity index (χ4v) is 3.00. The van der Waals surface area contributed by atoms with E-state index in [1.54, 1.807) is 0 Å². The highest BCUT2D eigenvalue weighted by molar-refractivity contribution is 5.85. The molecule has 0 heterocycles. The van der Waals surface area contributed by atoms with Crippen molar-refractivity contribution in [2.24, 2.45) is 0 Å². The molecule has 1 unspecified atom stereocenters. The minimum Gasteiger partial charge on any atom is -0.388 e. The molecule has 0 aromatic heterocycles. The highest BCUT2D eigenvalue weighted by Gasteiger charge is 2.11. The number of rotatable bonds is 3. The zero-order valence-electron chi connectivity index (χ0n) is 12.5. The van der Waals surface area contributed by atoms with Crippen LogP contribution in [0.4, 0.5) is 0 Å². The van der Waals surface area contributed by atoms with E-state index >= 15 is 0 Å². The average Bonchev–Trinajstić information content (AvgIpc) is 2.46. The Morgan fingerprint density at radius 3 is 2.29 bits per heavy atom. The first-order valence-electron chi connectivity index (χ1n) is 7.36. The predicted octanol–water partition coefficient (Wildman–Crippen LogP) is 4.73. The van der Waals surface area contributed by atoms with Gasteiger partial charge in [-0.3, -0.25) is 0 Å². The van der Waals surface area contributed by atoms with Crippen molar-refractivity contribution in [1.82, 2.24) is 0 Å². The standard InChI is InChI=1S/C20H20O/c1-14-10-15(2)12-18(11-14)20(21)13-17-8-5-7-16-6-3-4-9-19(16)17/h3-12,20-21H,13H2,1-2H3. The number of hydrogen-bond acceptors (Lipinski definition) is 1. The number of aliphatic hydroxyl groups is 1. The quantitative estimate of drug-likeness (QED) is 0.733. The summed E-state index contributed by atoms with van der Waals surface area (Å²) in [5, 5.41) is 13.0. The van der Waals surface area contributed by atoms with Crippen molar-refractivity contribution < 1.29 is 5.11 Å². The molecule has 0 fully saturated rings. The summed E-state index contributed by atoms with van der Waals surface area (Å²) in [7, 11) is 0. The molecule has 0 bridgehead atoms. The lowest BCUT2D eigenvalue weighted by Gasteiger charge is -2.14. The van der Waals surface area contributed by atoms with Gasteiger partial charge in [-0.1, -0.05) is 71.8 Å². The second kappa shape index (κ2) is 5.71. The lowest BCUT2D eigenvalue weighted by molar-refractivity contribution is 0.178. The third-order valence-electron chi connectivity index (χ3n) is 3.92. The molecule has 0 radical (unpaired) electrons. The minimum atomic E-state index is -0.464. The van der Waals surface area contributed by atoms with Crippen molar-refractivity contribution in [2.75, 3.05) is 0 Å². The number of benzene rings is 3. The smallest absolute Gasteiger partial charge is 0.0830 e. The molecule has 3 aromatic carbocycles. The molecular formula is C20H20O. The van der Waals surface area contributed by atoms with Gasteiger partial charge < -0.3 is 5.11 Å². The van der Waals surface area contributed by atoms with Gasteiger partial charge in [0.05, 0.1) is 6.10 Å². The predicted molar refractivity (Wildman–Crippen MR) is 88.5 cm³/mol. The molecule has 1 atom stereocenters. The molecule has 0 saturated carbocycles. The fourth-order valence-electron chi connectivity index (χ4n) is 3.00. The van der Waals surface area contributed by atoms with Crippen LogP contribution in [0, 0.1) is 13.8 Å². The fraction of sp³-hybridized carbons (Fsp3) is 0.200. The van der Waals surface area contributed by atoms with E-state index in [0.717, 1.165) is 5.56 Å². The van der Waals surface area contributed by atoms with Crippen molar-refractivity contribution in [1.29, 1.82) is 0 Å². The molecule has 0 aliphatic rings. The van der Waals surface area contributed by atoms with Crippen LogP contribution in [0.5, 0.6) is 0 Å². The number of fused-ring (bicyclic) bond motifs is 1. The summed E-state index contributed by atoms with van der Waals surface area (Å²) in [6, 6.07) is 20.9.